The van der Waals surface area contributed by atoms with Gasteiger partial charge in [0, 0.05) is 30.3 Å². The van der Waals surface area contributed by atoms with Crippen LogP contribution >= 0.6 is 0 Å². The Kier molecular flexibility index (Phi) is 6.27. The number of ketones is 1. The van der Waals surface area contributed by atoms with Gasteiger partial charge in [-0.1, -0.05) is 54.6 Å². The van der Waals surface area contributed by atoms with Crippen LogP contribution in [-0.4, -0.2) is 35.5 Å². The molecule has 0 N–H and O–H groups in total. The van der Waals surface area contributed by atoms with Gasteiger partial charge in [-0.3, -0.25) is 4.79 Å². The molecule has 2 aliphatic heterocycles. The molecular formula is C31H29F2NO3. The van der Waals surface area contributed by atoms with Crippen LogP contribution in [0.2, 0.25) is 0 Å². The second-order valence-electron chi connectivity index (χ2n) is 10.5. The fourth-order valence-electron chi connectivity index (χ4n) is 6.61. The zero-order chi connectivity index (χ0) is 25.5. The van der Waals surface area contributed by atoms with Gasteiger partial charge in [-0.05, 0) is 72.1 Å². The van der Waals surface area contributed by atoms with Gasteiger partial charge in [-0.15, -0.1) is 0 Å². The number of ether oxygens (including phenoxy) is 1. The van der Waals surface area contributed by atoms with Crippen LogP contribution in [0.15, 0.2) is 66.7 Å². The number of amides is 1. The zero-order valence-electron chi connectivity index (χ0n) is 20.5. The number of hydrogen-bond acceptors (Lipinski definition) is 3. The average molecular weight is 502 g/mol. The van der Waals surface area contributed by atoms with Gasteiger partial charge < -0.3 is 9.64 Å². The lowest BCUT2D eigenvalue weighted by atomic mass is 9.76. The van der Waals surface area contributed by atoms with Crippen molar-refractivity contribution in [3.8, 4) is 11.1 Å². The first-order valence-electron chi connectivity index (χ1n) is 13.1. The Morgan fingerprint density at radius 1 is 0.838 bits per heavy atom. The molecule has 3 aromatic carbocycles. The van der Waals surface area contributed by atoms with Crippen molar-refractivity contribution < 1.29 is 23.1 Å². The predicted molar refractivity (Wildman–Crippen MR) is 136 cm³/mol. The summed E-state index contributed by atoms with van der Waals surface area (Å²) in [6, 6.07) is 20.1. The van der Waals surface area contributed by atoms with E-state index in [1.54, 1.807) is 0 Å². The van der Waals surface area contributed by atoms with Crippen molar-refractivity contribution in [3.05, 3.63) is 95.1 Å². The number of fused-ring (bicyclic) bond motifs is 5. The smallest absolute Gasteiger partial charge is 0.410 e. The van der Waals surface area contributed by atoms with Crippen LogP contribution in [0.1, 0.15) is 54.7 Å². The van der Waals surface area contributed by atoms with Crippen LogP contribution in [0.4, 0.5) is 13.6 Å². The van der Waals surface area contributed by atoms with Crippen molar-refractivity contribution >= 4 is 11.9 Å². The topological polar surface area (TPSA) is 46.6 Å². The molecule has 4 nitrogen and oxygen atoms in total. The fourth-order valence-corrected chi connectivity index (χ4v) is 6.61. The number of benzene rings is 3. The molecule has 6 heteroatoms. The van der Waals surface area contributed by atoms with Gasteiger partial charge in [0.25, 0.3) is 0 Å². The predicted octanol–water partition coefficient (Wildman–Crippen LogP) is 6.66. The summed E-state index contributed by atoms with van der Waals surface area (Å²) in [5.41, 5.74) is 5.22. The Morgan fingerprint density at radius 2 is 1.46 bits per heavy atom. The molecule has 3 aromatic rings. The number of nitrogens with zero attached hydrogens (tertiary/aromatic N) is 1. The minimum Gasteiger partial charge on any atom is -0.448 e. The zero-order valence-corrected chi connectivity index (χ0v) is 20.5. The van der Waals surface area contributed by atoms with Gasteiger partial charge in [0.2, 0.25) is 0 Å². The van der Waals surface area contributed by atoms with E-state index in [4.69, 9.17) is 4.74 Å². The van der Waals surface area contributed by atoms with E-state index >= 15 is 0 Å². The molecule has 37 heavy (non-hydrogen) atoms. The second kappa shape index (κ2) is 9.73. The Balaban J connectivity index is 1.13. The van der Waals surface area contributed by atoms with Gasteiger partial charge in [0.15, 0.2) is 11.6 Å². The number of carbonyl (C=O) groups excluding carboxylic acids is 2. The van der Waals surface area contributed by atoms with Gasteiger partial charge >= 0.3 is 6.09 Å². The maximum atomic E-state index is 13.6. The second-order valence-corrected chi connectivity index (χ2v) is 10.5. The van der Waals surface area contributed by atoms with E-state index in [-0.39, 0.29) is 48.8 Å². The first-order chi connectivity index (χ1) is 18.0. The summed E-state index contributed by atoms with van der Waals surface area (Å²) in [5.74, 6) is -2.02. The largest absolute Gasteiger partial charge is 0.448 e. The van der Waals surface area contributed by atoms with Gasteiger partial charge in [-0.25, -0.2) is 13.6 Å². The van der Waals surface area contributed by atoms with Crippen LogP contribution in [0, 0.1) is 17.6 Å². The first kappa shape index (κ1) is 23.8. The summed E-state index contributed by atoms with van der Waals surface area (Å²) in [7, 11) is 0. The SMILES string of the molecule is O=C(Cc1ccc(F)c(F)c1)C1CC2CCCC(C1)N2C(=O)OCC1c2ccccc2-c2ccccc21. The highest BCUT2D eigenvalue weighted by molar-refractivity contribution is 5.84. The summed E-state index contributed by atoms with van der Waals surface area (Å²) in [6.07, 6.45) is 3.65. The number of Topliss-reactive ketones (excluding diaryl/α,β-unsaturated/α-hetero) is 1. The van der Waals surface area contributed by atoms with Crippen molar-refractivity contribution in [1.82, 2.24) is 4.90 Å². The minimum atomic E-state index is -0.938. The quantitative estimate of drug-likeness (QED) is 0.393. The number of hydrogen-bond donors (Lipinski definition) is 0. The van der Waals surface area contributed by atoms with Gasteiger partial charge in [0.05, 0.1) is 0 Å². The van der Waals surface area contributed by atoms with Gasteiger partial charge in [-0.2, -0.15) is 0 Å². The molecule has 0 aromatic heterocycles. The highest BCUT2D eigenvalue weighted by Gasteiger charge is 2.44. The fraction of sp³-hybridized carbons (Fsp3) is 0.355. The summed E-state index contributed by atoms with van der Waals surface area (Å²) in [5, 5.41) is 0. The van der Waals surface area contributed by atoms with E-state index in [0.29, 0.717) is 18.4 Å². The molecule has 190 valence electrons. The Morgan fingerprint density at radius 3 is 2.08 bits per heavy atom. The molecule has 0 radical (unpaired) electrons. The lowest BCUT2D eigenvalue weighted by molar-refractivity contribution is -0.126. The van der Waals surface area contributed by atoms with Crippen molar-refractivity contribution in [2.75, 3.05) is 6.61 Å². The third-order valence-electron chi connectivity index (χ3n) is 8.34. The summed E-state index contributed by atoms with van der Waals surface area (Å²) >= 11 is 0. The molecule has 2 heterocycles. The molecule has 2 saturated heterocycles. The Hall–Kier alpha value is -3.54. The van der Waals surface area contributed by atoms with Crippen molar-refractivity contribution in [3.63, 3.8) is 0 Å². The lowest BCUT2D eigenvalue weighted by Crippen LogP contribution is -2.56. The number of halogens is 2. The van der Waals surface area contributed by atoms with Crippen LogP contribution in [0.3, 0.4) is 0 Å². The Labute approximate surface area is 215 Å². The van der Waals surface area contributed by atoms with E-state index in [9.17, 15) is 18.4 Å². The molecule has 0 saturated carbocycles. The van der Waals surface area contributed by atoms with E-state index < -0.39 is 11.6 Å². The molecular weight excluding hydrogens is 472 g/mol. The number of carbonyl (C=O) groups is 2. The summed E-state index contributed by atoms with van der Waals surface area (Å²) in [4.78, 5) is 28.3. The molecule has 0 spiro atoms. The molecule has 2 fully saturated rings. The molecule has 3 aliphatic rings. The van der Waals surface area contributed by atoms with E-state index in [0.717, 1.165) is 31.4 Å². The number of piperidine rings is 2. The van der Waals surface area contributed by atoms with Crippen LogP contribution in [0.5, 0.6) is 0 Å². The molecule has 1 amide bonds. The summed E-state index contributed by atoms with van der Waals surface area (Å²) < 4.78 is 32.8. The van der Waals surface area contributed by atoms with Crippen molar-refractivity contribution in [2.45, 2.75) is 56.5 Å². The monoisotopic (exact) mass is 501 g/mol. The van der Waals surface area contributed by atoms with Crippen LogP contribution < -0.4 is 0 Å². The summed E-state index contributed by atoms with van der Waals surface area (Å²) in [6.45, 7) is 0.279. The maximum Gasteiger partial charge on any atom is 0.410 e. The van der Waals surface area contributed by atoms with Crippen molar-refractivity contribution in [2.24, 2.45) is 5.92 Å². The standard InChI is InChI=1S/C31H29F2NO3/c32-28-13-12-19(14-29(28)33)15-30(35)20-16-21-6-5-7-22(17-20)34(21)31(36)37-18-27-25-10-3-1-8-23(25)24-9-2-4-11-26(24)27/h1-4,8-14,20-22,27H,5-7,15-18H2. The highest BCUT2D eigenvalue weighted by atomic mass is 19.2. The first-order valence-corrected chi connectivity index (χ1v) is 13.1. The van der Waals surface area contributed by atoms with E-state index in [1.165, 1.54) is 28.3 Å². The molecule has 2 bridgehead atoms. The lowest BCUT2D eigenvalue weighted by Gasteiger charge is -2.47. The third-order valence-corrected chi connectivity index (χ3v) is 8.34. The normalized spacial score (nSPS) is 22.3. The third kappa shape index (κ3) is 4.43. The Bertz CT molecular complexity index is 1300. The molecule has 2 unspecified atom stereocenters. The van der Waals surface area contributed by atoms with Crippen molar-refractivity contribution in [1.29, 1.82) is 0 Å². The molecule has 2 atom stereocenters. The highest BCUT2D eigenvalue weighted by Crippen LogP contribution is 2.45. The van der Waals surface area contributed by atoms with Gasteiger partial charge in [0.1, 0.15) is 12.4 Å². The van der Waals surface area contributed by atoms with Crippen LogP contribution in [-0.2, 0) is 16.0 Å². The molecule has 1 aliphatic carbocycles. The van der Waals surface area contributed by atoms with E-state index in [2.05, 4.69) is 24.3 Å². The molecule has 6 rings (SSSR count). The average Bonchev–Trinajstić information content (AvgIpc) is 3.22. The maximum absolute atomic E-state index is 13.6. The van der Waals surface area contributed by atoms with E-state index in [1.807, 2.05) is 29.2 Å². The number of rotatable bonds is 5. The minimum absolute atomic E-state index is 0.00594. The van der Waals surface area contributed by atoms with Crippen LogP contribution in [0.25, 0.3) is 11.1 Å².